The molecule has 3 heteroatoms. The third-order valence-electron chi connectivity index (χ3n) is 4.10. The normalized spacial score (nSPS) is 21.1. The van der Waals surface area contributed by atoms with Crippen LogP contribution in [0, 0.1) is 12.8 Å². The van der Waals surface area contributed by atoms with Crippen LogP contribution in [-0.2, 0) is 4.79 Å². The number of nitrogens with one attached hydrogen (secondary N) is 1. The van der Waals surface area contributed by atoms with Crippen LogP contribution in [0.4, 0.5) is 0 Å². The molecule has 1 N–H and O–H groups in total. The van der Waals surface area contributed by atoms with Crippen molar-refractivity contribution in [3.05, 3.63) is 35.4 Å². The lowest BCUT2D eigenvalue weighted by Crippen LogP contribution is -2.44. The summed E-state index contributed by atoms with van der Waals surface area (Å²) in [6, 6.07) is 8.80. The topological polar surface area (TPSA) is 32.3 Å². The van der Waals surface area contributed by atoms with Gasteiger partial charge in [0.1, 0.15) is 0 Å². The molecule has 2 atom stereocenters. The first-order chi connectivity index (χ1) is 9.61. The van der Waals surface area contributed by atoms with Crippen LogP contribution in [0.3, 0.4) is 0 Å². The fourth-order valence-electron chi connectivity index (χ4n) is 2.96. The largest absolute Gasteiger partial charge is 0.341 e. The van der Waals surface area contributed by atoms with Crippen LogP contribution in [0.1, 0.15) is 43.9 Å². The molecule has 1 heterocycles. The summed E-state index contributed by atoms with van der Waals surface area (Å²) in [6.45, 7) is 8.86. The molecule has 1 aromatic carbocycles. The molecule has 1 aromatic rings. The van der Waals surface area contributed by atoms with E-state index in [9.17, 15) is 4.79 Å². The summed E-state index contributed by atoms with van der Waals surface area (Å²) < 4.78 is 0. The molecular formula is C17H26N2O. The molecule has 0 bridgehead atoms. The van der Waals surface area contributed by atoms with Gasteiger partial charge in [0.25, 0.3) is 0 Å². The van der Waals surface area contributed by atoms with Gasteiger partial charge in [0.05, 0.1) is 0 Å². The maximum absolute atomic E-state index is 12.3. The lowest BCUT2D eigenvalue weighted by atomic mass is 9.97. The highest BCUT2D eigenvalue weighted by Gasteiger charge is 2.27. The summed E-state index contributed by atoms with van der Waals surface area (Å²) in [5.74, 6) is 0.496. The van der Waals surface area contributed by atoms with Gasteiger partial charge in [0.2, 0.25) is 5.91 Å². The van der Waals surface area contributed by atoms with E-state index in [2.05, 4.69) is 43.4 Å². The van der Waals surface area contributed by atoms with Gasteiger partial charge in [-0.15, -0.1) is 0 Å². The number of nitrogens with zero attached hydrogens (tertiary/aromatic N) is 1. The quantitative estimate of drug-likeness (QED) is 0.895. The Kier molecular flexibility index (Phi) is 5.18. The predicted octanol–water partition coefficient (Wildman–Crippen LogP) is 2.90. The number of likely N-dealkylation sites (tertiary alicyclic amines) is 1. The van der Waals surface area contributed by atoms with Crippen molar-refractivity contribution in [1.82, 2.24) is 10.2 Å². The molecule has 2 rings (SSSR count). The summed E-state index contributed by atoms with van der Waals surface area (Å²) in [5.41, 5.74) is 2.54. The molecule has 0 aliphatic carbocycles. The summed E-state index contributed by atoms with van der Waals surface area (Å²) in [7, 11) is 0. The zero-order chi connectivity index (χ0) is 14.5. The van der Waals surface area contributed by atoms with Crippen molar-refractivity contribution >= 4 is 5.91 Å². The van der Waals surface area contributed by atoms with E-state index < -0.39 is 0 Å². The van der Waals surface area contributed by atoms with Gasteiger partial charge in [0.15, 0.2) is 0 Å². The molecule has 0 aromatic heterocycles. The number of carbonyl (C=O) groups excluding carboxylic acids is 1. The average molecular weight is 274 g/mol. The van der Waals surface area contributed by atoms with E-state index in [1.807, 2.05) is 11.8 Å². The molecule has 1 fully saturated rings. The maximum atomic E-state index is 12.3. The second kappa shape index (κ2) is 6.89. The number of likely N-dealkylation sites (N-methyl/N-ethyl adjacent to an activating group) is 1. The van der Waals surface area contributed by atoms with Crippen molar-refractivity contribution in [2.75, 3.05) is 19.6 Å². The molecule has 1 saturated heterocycles. The van der Waals surface area contributed by atoms with Crippen LogP contribution in [0.25, 0.3) is 0 Å². The zero-order valence-electron chi connectivity index (χ0n) is 12.9. The summed E-state index contributed by atoms with van der Waals surface area (Å²) >= 11 is 0. The Morgan fingerprint density at radius 1 is 1.45 bits per heavy atom. The Morgan fingerprint density at radius 3 is 2.95 bits per heavy atom. The number of hydrogen-bond acceptors (Lipinski definition) is 2. The maximum Gasteiger partial charge on any atom is 0.225 e. The van der Waals surface area contributed by atoms with Gasteiger partial charge in [-0.25, -0.2) is 0 Å². The Labute approximate surface area is 122 Å². The number of aryl methyl sites for hydroxylation is 1. The fourth-order valence-corrected chi connectivity index (χ4v) is 2.96. The van der Waals surface area contributed by atoms with Crippen LogP contribution in [0.2, 0.25) is 0 Å². The first-order valence-electron chi connectivity index (χ1n) is 7.70. The van der Waals surface area contributed by atoms with Crippen molar-refractivity contribution < 1.29 is 4.79 Å². The number of benzene rings is 1. The van der Waals surface area contributed by atoms with Crippen molar-refractivity contribution in [3.8, 4) is 0 Å². The van der Waals surface area contributed by atoms with Gasteiger partial charge in [-0.3, -0.25) is 4.79 Å². The fraction of sp³-hybridized carbons (Fsp3) is 0.588. The van der Waals surface area contributed by atoms with E-state index in [0.29, 0.717) is 5.91 Å². The molecule has 3 nitrogen and oxygen atoms in total. The van der Waals surface area contributed by atoms with Gasteiger partial charge in [-0.2, -0.15) is 0 Å². The Hall–Kier alpha value is -1.35. The average Bonchev–Trinajstić information content (AvgIpc) is 2.43. The third kappa shape index (κ3) is 3.60. The zero-order valence-corrected chi connectivity index (χ0v) is 12.9. The Morgan fingerprint density at radius 2 is 2.25 bits per heavy atom. The van der Waals surface area contributed by atoms with Gasteiger partial charge in [-0.1, -0.05) is 43.7 Å². The minimum absolute atomic E-state index is 0.184. The highest BCUT2D eigenvalue weighted by atomic mass is 16.2. The second-order valence-corrected chi connectivity index (χ2v) is 5.85. The molecular weight excluding hydrogens is 248 g/mol. The van der Waals surface area contributed by atoms with E-state index in [1.54, 1.807) is 0 Å². The summed E-state index contributed by atoms with van der Waals surface area (Å²) in [4.78, 5) is 14.3. The van der Waals surface area contributed by atoms with E-state index >= 15 is 0 Å². The number of piperidine rings is 1. The van der Waals surface area contributed by atoms with Crippen molar-refractivity contribution in [1.29, 1.82) is 0 Å². The van der Waals surface area contributed by atoms with Gasteiger partial charge < -0.3 is 10.2 Å². The minimum Gasteiger partial charge on any atom is -0.341 e. The standard InChI is InChI=1S/C17H26N2O/c1-4-18-16(15-9-5-7-13(2)11-15)12-19-10-6-8-14(3)17(19)20/h5,7,9,11,14,16,18H,4,6,8,10,12H2,1-3H3. The van der Waals surface area contributed by atoms with Crippen LogP contribution >= 0.6 is 0 Å². The van der Waals surface area contributed by atoms with Gasteiger partial charge >= 0.3 is 0 Å². The molecule has 1 amide bonds. The Balaban J connectivity index is 2.11. The SMILES string of the molecule is CCNC(CN1CCCC(C)C1=O)c1cccc(C)c1. The van der Waals surface area contributed by atoms with E-state index in [4.69, 9.17) is 0 Å². The number of carbonyl (C=O) groups is 1. The molecule has 0 spiro atoms. The van der Waals surface area contributed by atoms with Crippen LogP contribution in [0.5, 0.6) is 0 Å². The van der Waals surface area contributed by atoms with Crippen LogP contribution in [-0.4, -0.2) is 30.4 Å². The van der Waals surface area contributed by atoms with Crippen LogP contribution < -0.4 is 5.32 Å². The third-order valence-corrected chi connectivity index (χ3v) is 4.10. The van der Waals surface area contributed by atoms with E-state index in [-0.39, 0.29) is 12.0 Å². The highest BCUT2D eigenvalue weighted by Crippen LogP contribution is 2.22. The molecule has 1 aliphatic rings. The second-order valence-electron chi connectivity index (χ2n) is 5.85. The van der Waals surface area contributed by atoms with Crippen molar-refractivity contribution in [3.63, 3.8) is 0 Å². The first kappa shape index (κ1) is 15.0. The number of amides is 1. The van der Waals surface area contributed by atoms with E-state index in [0.717, 1.165) is 32.5 Å². The lowest BCUT2D eigenvalue weighted by Gasteiger charge is -2.34. The lowest BCUT2D eigenvalue weighted by molar-refractivity contribution is -0.138. The molecule has 0 radical (unpaired) electrons. The molecule has 20 heavy (non-hydrogen) atoms. The number of rotatable bonds is 5. The summed E-state index contributed by atoms with van der Waals surface area (Å²) in [5, 5.41) is 3.51. The Bertz CT molecular complexity index is 458. The summed E-state index contributed by atoms with van der Waals surface area (Å²) in [6.07, 6.45) is 2.16. The van der Waals surface area contributed by atoms with Crippen LogP contribution in [0.15, 0.2) is 24.3 Å². The first-order valence-corrected chi connectivity index (χ1v) is 7.70. The highest BCUT2D eigenvalue weighted by molar-refractivity contribution is 5.79. The molecule has 1 aliphatic heterocycles. The monoisotopic (exact) mass is 274 g/mol. The minimum atomic E-state index is 0.184. The van der Waals surface area contributed by atoms with Gasteiger partial charge in [-0.05, 0) is 31.9 Å². The number of hydrogen-bond donors (Lipinski definition) is 1. The smallest absolute Gasteiger partial charge is 0.225 e. The van der Waals surface area contributed by atoms with E-state index in [1.165, 1.54) is 11.1 Å². The van der Waals surface area contributed by atoms with Crippen molar-refractivity contribution in [2.45, 2.75) is 39.7 Å². The molecule has 110 valence electrons. The predicted molar refractivity (Wildman–Crippen MR) is 82.6 cm³/mol. The molecule has 0 saturated carbocycles. The molecule has 2 unspecified atom stereocenters. The van der Waals surface area contributed by atoms with Gasteiger partial charge in [0, 0.05) is 25.0 Å². The van der Waals surface area contributed by atoms with Crippen molar-refractivity contribution in [2.24, 2.45) is 5.92 Å².